The molecule has 0 aliphatic heterocycles. The van der Waals surface area contributed by atoms with Crippen LogP contribution in [0.3, 0.4) is 0 Å². The maximum Gasteiger partial charge on any atom is 0.319 e. The number of nitrogens with one attached hydrogen (secondary N) is 2. The fraction of sp³-hybridized carbons (Fsp3) is 0.500. The largest absolute Gasteiger partial charge is 0.486 e. The molecular weight excluding hydrogens is 244 g/mol. The second-order valence-corrected chi connectivity index (χ2v) is 5.17. The second-order valence-electron chi connectivity index (χ2n) is 5.17. The van der Waals surface area contributed by atoms with E-state index in [0.29, 0.717) is 24.4 Å². The minimum Gasteiger partial charge on any atom is -0.486 e. The van der Waals surface area contributed by atoms with Gasteiger partial charge < -0.3 is 20.5 Å². The fourth-order valence-electron chi connectivity index (χ4n) is 1.44. The molecule has 1 aromatic rings. The lowest BCUT2D eigenvalue weighted by Gasteiger charge is -2.23. The normalized spacial score (nSPS) is 10.9. The maximum atomic E-state index is 11.6. The summed E-state index contributed by atoms with van der Waals surface area (Å²) in [7, 11) is 0. The highest BCUT2D eigenvalue weighted by Gasteiger charge is 2.15. The number of hydrogen-bond acceptors (Lipinski definition) is 3. The van der Waals surface area contributed by atoms with Crippen LogP contribution in [-0.4, -0.2) is 29.9 Å². The summed E-state index contributed by atoms with van der Waals surface area (Å²) in [5.41, 5.74) is 0.296. The van der Waals surface area contributed by atoms with Crippen molar-refractivity contribution < 1.29 is 14.6 Å². The van der Waals surface area contributed by atoms with Crippen LogP contribution >= 0.6 is 0 Å². The van der Waals surface area contributed by atoms with Gasteiger partial charge in [-0.05, 0) is 39.3 Å². The van der Waals surface area contributed by atoms with Gasteiger partial charge in [0.15, 0.2) is 0 Å². The van der Waals surface area contributed by atoms with Crippen molar-refractivity contribution in [1.29, 1.82) is 0 Å². The molecule has 0 heterocycles. The Bertz CT molecular complexity index is 413. The SMILES string of the molecule is CC(C)(C)Oc1ccccc1NC(=O)NCCCO. The minimum absolute atomic E-state index is 0.0595. The average molecular weight is 266 g/mol. The topological polar surface area (TPSA) is 70.6 Å². The Morgan fingerprint density at radius 2 is 2.00 bits per heavy atom. The molecule has 3 N–H and O–H groups in total. The van der Waals surface area contributed by atoms with Crippen molar-refractivity contribution in [2.24, 2.45) is 0 Å². The average Bonchev–Trinajstić information content (AvgIpc) is 2.30. The number of para-hydroxylation sites is 2. The highest BCUT2D eigenvalue weighted by atomic mass is 16.5. The van der Waals surface area contributed by atoms with Gasteiger partial charge in [0.05, 0.1) is 5.69 Å². The quantitative estimate of drug-likeness (QED) is 0.716. The molecule has 0 aliphatic carbocycles. The maximum absolute atomic E-state index is 11.6. The standard InChI is InChI=1S/C14H22N2O3/c1-14(2,3)19-12-8-5-4-7-11(12)16-13(18)15-9-6-10-17/h4-5,7-8,17H,6,9-10H2,1-3H3,(H2,15,16,18). The summed E-state index contributed by atoms with van der Waals surface area (Å²) in [6.07, 6.45) is 0.535. The van der Waals surface area contributed by atoms with Gasteiger partial charge in [-0.25, -0.2) is 4.79 Å². The Labute approximate surface area is 114 Å². The molecule has 1 rings (SSSR count). The van der Waals surface area contributed by atoms with Crippen LogP contribution in [0.1, 0.15) is 27.2 Å². The fourth-order valence-corrected chi connectivity index (χ4v) is 1.44. The first-order valence-corrected chi connectivity index (χ1v) is 6.36. The number of benzene rings is 1. The molecule has 0 unspecified atom stereocenters. The van der Waals surface area contributed by atoms with E-state index in [-0.39, 0.29) is 18.2 Å². The number of anilines is 1. The number of carbonyl (C=O) groups excluding carboxylic acids is 1. The molecule has 19 heavy (non-hydrogen) atoms. The first kappa shape index (κ1) is 15.3. The van der Waals surface area contributed by atoms with Crippen LogP contribution in [0, 0.1) is 0 Å². The van der Waals surface area contributed by atoms with E-state index in [4.69, 9.17) is 9.84 Å². The molecule has 0 radical (unpaired) electrons. The third-order valence-electron chi connectivity index (χ3n) is 2.17. The predicted octanol–water partition coefficient (Wildman–Crippen LogP) is 2.37. The van der Waals surface area contributed by atoms with Crippen LogP contribution in [-0.2, 0) is 0 Å². The summed E-state index contributed by atoms with van der Waals surface area (Å²) >= 11 is 0. The lowest BCUT2D eigenvalue weighted by molar-refractivity contribution is 0.132. The van der Waals surface area contributed by atoms with Gasteiger partial charge in [-0.3, -0.25) is 0 Å². The van der Waals surface area contributed by atoms with Gasteiger partial charge >= 0.3 is 6.03 Å². The van der Waals surface area contributed by atoms with Crippen molar-refractivity contribution >= 4 is 11.7 Å². The highest BCUT2D eigenvalue weighted by Crippen LogP contribution is 2.27. The number of aliphatic hydroxyl groups excluding tert-OH is 1. The van der Waals surface area contributed by atoms with Crippen LogP contribution in [0.25, 0.3) is 0 Å². The zero-order valence-electron chi connectivity index (χ0n) is 11.7. The van der Waals surface area contributed by atoms with Crippen molar-refractivity contribution in [3.05, 3.63) is 24.3 Å². The molecule has 5 heteroatoms. The van der Waals surface area contributed by atoms with Crippen molar-refractivity contribution in [2.75, 3.05) is 18.5 Å². The number of ether oxygens (including phenoxy) is 1. The molecule has 2 amide bonds. The van der Waals surface area contributed by atoms with Gasteiger partial charge in [0.2, 0.25) is 0 Å². The Balaban J connectivity index is 2.64. The zero-order chi connectivity index (χ0) is 14.3. The van der Waals surface area contributed by atoms with Gasteiger partial charge in [0, 0.05) is 13.2 Å². The highest BCUT2D eigenvalue weighted by molar-refractivity contribution is 5.90. The number of carbonyl (C=O) groups is 1. The smallest absolute Gasteiger partial charge is 0.319 e. The molecule has 0 aliphatic rings. The molecule has 0 fully saturated rings. The first-order chi connectivity index (χ1) is 8.92. The van der Waals surface area contributed by atoms with Crippen LogP contribution in [0.5, 0.6) is 5.75 Å². The third kappa shape index (κ3) is 6.10. The molecule has 0 aromatic heterocycles. The summed E-state index contributed by atoms with van der Waals surface area (Å²) in [5, 5.41) is 14.0. The van der Waals surface area contributed by atoms with Crippen LogP contribution in [0.4, 0.5) is 10.5 Å². The van der Waals surface area contributed by atoms with Crippen molar-refractivity contribution in [3.63, 3.8) is 0 Å². The summed E-state index contributed by atoms with van der Waals surface area (Å²) in [6, 6.07) is 6.98. The van der Waals surface area contributed by atoms with Crippen molar-refractivity contribution in [3.8, 4) is 5.75 Å². The molecule has 0 spiro atoms. The van der Waals surface area contributed by atoms with Gasteiger partial charge in [-0.2, -0.15) is 0 Å². The summed E-state index contributed by atoms with van der Waals surface area (Å²) in [6.45, 7) is 6.34. The molecule has 0 saturated heterocycles. The van der Waals surface area contributed by atoms with E-state index in [1.807, 2.05) is 39.0 Å². The summed E-state index contributed by atoms with van der Waals surface area (Å²) in [4.78, 5) is 11.6. The Hall–Kier alpha value is -1.75. The Morgan fingerprint density at radius 1 is 1.32 bits per heavy atom. The predicted molar refractivity (Wildman–Crippen MR) is 75.5 cm³/mol. The van der Waals surface area contributed by atoms with Crippen LogP contribution in [0.15, 0.2) is 24.3 Å². The van der Waals surface area contributed by atoms with Gasteiger partial charge in [0.25, 0.3) is 0 Å². The van der Waals surface area contributed by atoms with E-state index in [2.05, 4.69) is 10.6 Å². The van der Waals surface area contributed by atoms with E-state index in [1.165, 1.54) is 0 Å². The Morgan fingerprint density at radius 3 is 2.63 bits per heavy atom. The first-order valence-electron chi connectivity index (χ1n) is 6.36. The summed E-state index contributed by atoms with van der Waals surface area (Å²) in [5.74, 6) is 0.632. The minimum atomic E-state index is -0.328. The molecule has 0 saturated carbocycles. The number of amides is 2. The third-order valence-corrected chi connectivity index (χ3v) is 2.17. The molecule has 106 valence electrons. The van der Waals surface area contributed by atoms with Crippen molar-refractivity contribution in [2.45, 2.75) is 32.8 Å². The molecule has 0 atom stereocenters. The summed E-state index contributed by atoms with van der Waals surface area (Å²) < 4.78 is 5.78. The Kier molecular flexibility index (Phi) is 5.63. The van der Waals surface area contributed by atoms with E-state index < -0.39 is 0 Å². The molecule has 1 aromatic carbocycles. The van der Waals surface area contributed by atoms with Gasteiger partial charge in [0.1, 0.15) is 11.4 Å². The van der Waals surface area contributed by atoms with E-state index in [1.54, 1.807) is 6.07 Å². The van der Waals surface area contributed by atoms with E-state index >= 15 is 0 Å². The molecular formula is C14H22N2O3. The van der Waals surface area contributed by atoms with Crippen LogP contribution in [0.2, 0.25) is 0 Å². The molecule has 0 bridgehead atoms. The van der Waals surface area contributed by atoms with Crippen molar-refractivity contribution in [1.82, 2.24) is 5.32 Å². The monoisotopic (exact) mass is 266 g/mol. The van der Waals surface area contributed by atoms with E-state index in [0.717, 1.165) is 0 Å². The number of aliphatic hydroxyl groups is 1. The van der Waals surface area contributed by atoms with Gasteiger partial charge in [-0.15, -0.1) is 0 Å². The lowest BCUT2D eigenvalue weighted by atomic mass is 10.2. The lowest BCUT2D eigenvalue weighted by Crippen LogP contribution is -2.30. The van der Waals surface area contributed by atoms with Crippen LogP contribution < -0.4 is 15.4 Å². The zero-order valence-corrected chi connectivity index (χ0v) is 11.7. The molecule has 5 nitrogen and oxygen atoms in total. The number of hydrogen-bond donors (Lipinski definition) is 3. The number of urea groups is 1. The van der Waals surface area contributed by atoms with Gasteiger partial charge in [-0.1, -0.05) is 12.1 Å². The second kappa shape index (κ2) is 6.99. The number of rotatable bonds is 5. The van der Waals surface area contributed by atoms with E-state index in [9.17, 15) is 4.79 Å².